The molecule has 1 aromatic carbocycles. The van der Waals surface area contributed by atoms with E-state index in [2.05, 4.69) is 10.4 Å². The minimum absolute atomic E-state index is 0.0473. The van der Waals surface area contributed by atoms with E-state index in [1.165, 1.54) is 18.2 Å². The van der Waals surface area contributed by atoms with Gasteiger partial charge in [0, 0.05) is 30.8 Å². The number of benzene rings is 1. The van der Waals surface area contributed by atoms with Gasteiger partial charge in [0.15, 0.2) is 0 Å². The third-order valence-corrected chi connectivity index (χ3v) is 5.44. The molecule has 0 spiro atoms. The number of likely N-dealkylation sites (tertiary alicyclic amines) is 1. The number of hydrogen-bond donors (Lipinski definition) is 1. The lowest BCUT2D eigenvalue weighted by Crippen LogP contribution is -2.51. The molecular weight excluding hydrogens is 439 g/mol. The smallest absolute Gasteiger partial charge is 0.410 e. The van der Waals surface area contributed by atoms with Crippen molar-refractivity contribution >= 4 is 12.0 Å². The van der Waals surface area contributed by atoms with E-state index >= 15 is 0 Å². The van der Waals surface area contributed by atoms with Gasteiger partial charge in [-0.1, -0.05) is 26.0 Å². The lowest BCUT2D eigenvalue weighted by Gasteiger charge is -2.34. The van der Waals surface area contributed by atoms with E-state index in [0.717, 1.165) is 17.5 Å². The van der Waals surface area contributed by atoms with Crippen molar-refractivity contribution in [2.75, 3.05) is 13.1 Å². The van der Waals surface area contributed by atoms with Crippen molar-refractivity contribution in [1.82, 2.24) is 20.0 Å². The van der Waals surface area contributed by atoms with Gasteiger partial charge >= 0.3 is 6.09 Å². The summed E-state index contributed by atoms with van der Waals surface area (Å²) in [5, 5.41) is 7.34. The van der Waals surface area contributed by atoms with Crippen molar-refractivity contribution in [2.24, 2.45) is 0 Å². The van der Waals surface area contributed by atoms with Crippen LogP contribution in [-0.4, -0.2) is 51.4 Å². The Kier molecular flexibility index (Phi) is 7.74. The normalized spacial score (nSPS) is 16.4. The van der Waals surface area contributed by atoms with Gasteiger partial charge in [-0.2, -0.15) is 5.10 Å². The predicted octanol–water partition coefficient (Wildman–Crippen LogP) is 3.69. The van der Waals surface area contributed by atoms with E-state index in [1.54, 1.807) is 17.0 Å². The summed E-state index contributed by atoms with van der Waals surface area (Å²) in [7, 11) is 0. The Balaban J connectivity index is 1.71. The monoisotopic (exact) mass is 472 g/mol. The van der Waals surface area contributed by atoms with Crippen LogP contribution in [0.4, 0.5) is 9.18 Å². The molecule has 2 heterocycles. The number of ether oxygens (including phenoxy) is 1. The molecule has 184 valence electrons. The van der Waals surface area contributed by atoms with Crippen LogP contribution in [0.2, 0.25) is 0 Å². The number of piperidine rings is 1. The van der Waals surface area contributed by atoms with Crippen LogP contribution in [0.1, 0.15) is 59.1 Å². The van der Waals surface area contributed by atoms with Crippen LogP contribution in [-0.2, 0) is 16.1 Å². The number of carbonyl (C=O) groups excluding carboxylic acids is 2. The minimum Gasteiger partial charge on any atom is -0.444 e. The van der Waals surface area contributed by atoms with E-state index in [-0.39, 0.29) is 24.4 Å². The molecule has 0 bridgehead atoms. The second-order valence-electron chi connectivity index (χ2n) is 9.94. The average Bonchev–Trinajstić information content (AvgIpc) is 2.73. The molecule has 0 aliphatic carbocycles. The summed E-state index contributed by atoms with van der Waals surface area (Å²) in [5.41, 5.74) is 0.682. The first kappa shape index (κ1) is 25.4. The molecule has 0 radical (unpaired) electrons. The summed E-state index contributed by atoms with van der Waals surface area (Å²) in [6.45, 7) is 9.95. The summed E-state index contributed by atoms with van der Waals surface area (Å²) in [4.78, 5) is 39.4. The zero-order valence-corrected chi connectivity index (χ0v) is 20.4. The van der Waals surface area contributed by atoms with Crippen molar-refractivity contribution in [3.8, 4) is 11.1 Å². The van der Waals surface area contributed by atoms with E-state index < -0.39 is 23.1 Å². The molecule has 1 aromatic heterocycles. The van der Waals surface area contributed by atoms with Crippen LogP contribution in [0.3, 0.4) is 0 Å². The molecule has 9 heteroatoms. The van der Waals surface area contributed by atoms with Crippen LogP contribution in [0.25, 0.3) is 11.1 Å². The molecule has 0 saturated carbocycles. The van der Waals surface area contributed by atoms with Crippen LogP contribution in [0.5, 0.6) is 0 Å². The fraction of sp³-hybridized carbons (Fsp3) is 0.520. The van der Waals surface area contributed by atoms with Crippen molar-refractivity contribution in [3.05, 3.63) is 52.2 Å². The Morgan fingerprint density at radius 3 is 2.65 bits per heavy atom. The number of halogens is 1. The molecule has 1 unspecified atom stereocenters. The maximum Gasteiger partial charge on any atom is 0.410 e. The van der Waals surface area contributed by atoms with E-state index in [4.69, 9.17) is 4.74 Å². The summed E-state index contributed by atoms with van der Waals surface area (Å²) in [6.07, 6.45) is 1.06. The topological polar surface area (TPSA) is 93.5 Å². The molecule has 1 aliphatic heterocycles. The molecule has 8 nitrogen and oxygen atoms in total. The third kappa shape index (κ3) is 6.65. The first-order chi connectivity index (χ1) is 15.9. The Morgan fingerprint density at radius 2 is 2.00 bits per heavy atom. The van der Waals surface area contributed by atoms with Crippen molar-refractivity contribution < 1.29 is 18.7 Å². The van der Waals surface area contributed by atoms with E-state index in [9.17, 15) is 18.8 Å². The molecule has 34 heavy (non-hydrogen) atoms. The van der Waals surface area contributed by atoms with Gasteiger partial charge in [0.25, 0.3) is 5.56 Å². The number of carbonyl (C=O) groups is 2. The number of nitrogens with one attached hydrogen (secondary N) is 1. The second-order valence-corrected chi connectivity index (χ2v) is 9.94. The molecule has 3 rings (SSSR count). The standard InChI is InChI=1S/C25H33FN4O4/c1-16(2)23-20(17-8-6-9-18(26)12-17)13-22(32)30(28-23)15-21(31)27-19-10-7-11-29(14-19)24(33)34-25(3,4)5/h6,8-9,12-13,16,19H,7,10-11,14-15H2,1-5H3,(H,27,31). The molecule has 1 N–H and O–H groups in total. The highest BCUT2D eigenvalue weighted by Crippen LogP contribution is 2.26. The quantitative estimate of drug-likeness (QED) is 0.716. The Morgan fingerprint density at radius 1 is 1.26 bits per heavy atom. The van der Waals surface area contributed by atoms with Gasteiger partial charge in [-0.05, 0) is 57.2 Å². The molecule has 2 amide bonds. The van der Waals surface area contributed by atoms with Crippen LogP contribution in [0, 0.1) is 5.82 Å². The molecule has 1 atom stereocenters. The largest absolute Gasteiger partial charge is 0.444 e. The van der Waals surface area contributed by atoms with E-state index in [1.807, 2.05) is 34.6 Å². The highest BCUT2D eigenvalue weighted by atomic mass is 19.1. The van der Waals surface area contributed by atoms with Gasteiger partial charge < -0.3 is 15.0 Å². The van der Waals surface area contributed by atoms with Gasteiger partial charge in [-0.15, -0.1) is 0 Å². The number of hydrogen-bond acceptors (Lipinski definition) is 5. The van der Waals surface area contributed by atoms with Gasteiger partial charge in [0.2, 0.25) is 5.91 Å². The predicted molar refractivity (Wildman–Crippen MR) is 127 cm³/mol. The average molecular weight is 473 g/mol. The van der Waals surface area contributed by atoms with E-state index in [0.29, 0.717) is 29.9 Å². The molecular formula is C25H33FN4O4. The molecule has 2 aromatic rings. The fourth-order valence-corrected chi connectivity index (χ4v) is 3.93. The lowest BCUT2D eigenvalue weighted by molar-refractivity contribution is -0.123. The number of rotatable bonds is 5. The Hall–Kier alpha value is -3.23. The van der Waals surface area contributed by atoms with Gasteiger partial charge in [0.05, 0.1) is 5.69 Å². The van der Waals surface area contributed by atoms with Crippen molar-refractivity contribution in [3.63, 3.8) is 0 Å². The summed E-state index contributed by atoms with van der Waals surface area (Å²) in [5.74, 6) is -0.809. The van der Waals surface area contributed by atoms with Gasteiger partial charge in [0.1, 0.15) is 18.0 Å². The van der Waals surface area contributed by atoms with Crippen LogP contribution in [0.15, 0.2) is 35.1 Å². The van der Waals surface area contributed by atoms with Gasteiger partial charge in [-0.25, -0.2) is 13.9 Å². The molecule has 1 aliphatic rings. The minimum atomic E-state index is -0.591. The number of aromatic nitrogens is 2. The second kappa shape index (κ2) is 10.4. The van der Waals surface area contributed by atoms with Crippen molar-refractivity contribution in [2.45, 2.75) is 71.6 Å². The Bertz CT molecular complexity index is 1110. The third-order valence-electron chi connectivity index (χ3n) is 5.44. The van der Waals surface area contributed by atoms with Gasteiger partial charge in [-0.3, -0.25) is 9.59 Å². The zero-order chi connectivity index (χ0) is 25.0. The summed E-state index contributed by atoms with van der Waals surface area (Å²) < 4.78 is 20.3. The first-order valence-electron chi connectivity index (χ1n) is 11.6. The highest BCUT2D eigenvalue weighted by Gasteiger charge is 2.28. The lowest BCUT2D eigenvalue weighted by atomic mass is 9.98. The SMILES string of the molecule is CC(C)c1nn(CC(=O)NC2CCCN(C(=O)OC(C)(C)C)C2)c(=O)cc1-c1cccc(F)c1. The van der Waals surface area contributed by atoms with Crippen LogP contribution < -0.4 is 10.9 Å². The molecule has 1 fully saturated rings. The number of amides is 2. The molecule has 1 saturated heterocycles. The number of nitrogens with zero attached hydrogens (tertiary/aromatic N) is 3. The fourth-order valence-electron chi connectivity index (χ4n) is 3.93. The van der Waals surface area contributed by atoms with Crippen LogP contribution >= 0.6 is 0 Å². The zero-order valence-electron chi connectivity index (χ0n) is 20.4. The maximum absolute atomic E-state index is 13.7. The maximum atomic E-state index is 13.7. The highest BCUT2D eigenvalue weighted by molar-refractivity contribution is 5.76. The summed E-state index contributed by atoms with van der Waals surface area (Å²) in [6, 6.07) is 7.17. The first-order valence-corrected chi connectivity index (χ1v) is 11.6. The summed E-state index contributed by atoms with van der Waals surface area (Å²) >= 11 is 0. The van der Waals surface area contributed by atoms with Crippen molar-refractivity contribution in [1.29, 1.82) is 0 Å². The Labute approximate surface area is 199 Å².